The number of halogens is 1. The highest BCUT2D eigenvalue weighted by atomic mass is 79.9. The molecule has 0 N–H and O–H groups in total. The molecule has 0 aliphatic carbocycles. The number of ether oxygens (including phenoxy) is 1. The zero-order valence-corrected chi connectivity index (χ0v) is 9.87. The van der Waals surface area contributed by atoms with Gasteiger partial charge in [0.25, 0.3) is 0 Å². The minimum absolute atomic E-state index is 0.0967. The number of Topliss-reactive ketones (excluding diaryl/α,β-unsaturated/α-hetero) is 1. The summed E-state index contributed by atoms with van der Waals surface area (Å²) in [6.45, 7) is 1.76. The van der Waals surface area contributed by atoms with E-state index in [2.05, 4.69) is 15.9 Å². The van der Waals surface area contributed by atoms with Gasteiger partial charge in [-0.25, -0.2) is 0 Å². The summed E-state index contributed by atoms with van der Waals surface area (Å²) in [4.78, 5) is 11.5. The van der Waals surface area contributed by atoms with E-state index in [9.17, 15) is 4.79 Å². The van der Waals surface area contributed by atoms with E-state index in [1.54, 1.807) is 14.0 Å². The lowest BCUT2D eigenvalue weighted by Gasteiger charge is -2.08. The highest BCUT2D eigenvalue weighted by Crippen LogP contribution is 2.17. The van der Waals surface area contributed by atoms with Gasteiger partial charge >= 0.3 is 0 Å². The summed E-state index contributed by atoms with van der Waals surface area (Å²) in [5, 5.41) is 0. The third kappa shape index (κ3) is 2.93. The summed E-state index contributed by atoms with van der Waals surface area (Å²) in [6.07, 6.45) is 0.0817. The van der Waals surface area contributed by atoms with E-state index in [4.69, 9.17) is 4.74 Å². The van der Waals surface area contributed by atoms with E-state index < -0.39 is 0 Å². The van der Waals surface area contributed by atoms with Gasteiger partial charge in [0.05, 0.1) is 0 Å². The monoisotopic (exact) mass is 256 g/mol. The van der Waals surface area contributed by atoms with E-state index in [0.29, 0.717) is 6.42 Å². The second kappa shape index (κ2) is 5.27. The van der Waals surface area contributed by atoms with Crippen LogP contribution in [0.3, 0.4) is 0 Å². The molecule has 1 aromatic rings. The molecule has 1 aromatic carbocycles. The zero-order valence-electron chi connectivity index (χ0n) is 8.29. The van der Waals surface area contributed by atoms with Crippen molar-refractivity contribution >= 4 is 21.7 Å². The van der Waals surface area contributed by atoms with Crippen LogP contribution in [-0.2, 0) is 16.0 Å². The Bertz CT molecular complexity index is 323. The van der Waals surface area contributed by atoms with Crippen LogP contribution in [0.15, 0.2) is 28.7 Å². The summed E-state index contributed by atoms with van der Waals surface area (Å²) in [5.41, 5.74) is 1.00. The van der Waals surface area contributed by atoms with Crippen LogP contribution >= 0.6 is 15.9 Å². The Morgan fingerprint density at radius 2 is 2.14 bits per heavy atom. The highest BCUT2D eigenvalue weighted by Gasteiger charge is 2.13. The zero-order chi connectivity index (χ0) is 10.6. The van der Waals surface area contributed by atoms with Crippen molar-refractivity contribution in [1.82, 2.24) is 0 Å². The lowest BCUT2D eigenvalue weighted by atomic mass is 10.1. The van der Waals surface area contributed by atoms with E-state index in [1.807, 2.05) is 24.3 Å². The van der Waals surface area contributed by atoms with Gasteiger partial charge in [-0.05, 0) is 18.6 Å². The summed E-state index contributed by atoms with van der Waals surface area (Å²) >= 11 is 3.40. The first-order chi connectivity index (χ1) is 6.65. The fraction of sp³-hybridized carbons (Fsp3) is 0.364. The quantitative estimate of drug-likeness (QED) is 0.828. The Labute approximate surface area is 92.4 Å². The van der Waals surface area contributed by atoms with Crippen molar-refractivity contribution in [3.63, 3.8) is 0 Å². The molecule has 76 valence electrons. The van der Waals surface area contributed by atoms with Crippen LogP contribution < -0.4 is 0 Å². The highest BCUT2D eigenvalue weighted by molar-refractivity contribution is 9.10. The number of rotatable bonds is 4. The van der Waals surface area contributed by atoms with Crippen molar-refractivity contribution in [2.24, 2.45) is 0 Å². The van der Waals surface area contributed by atoms with Gasteiger partial charge < -0.3 is 4.74 Å². The second-order valence-electron chi connectivity index (χ2n) is 3.11. The Morgan fingerprint density at radius 3 is 2.71 bits per heavy atom. The molecule has 0 amide bonds. The smallest absolute Gasteiger partial charge is 0.165 e. The van der Waals surface area contributed by atoms with Crippen LogP contribution in [0, 0.1) is 0 Å². The number of carbonyl (C=O) groups excluding carboxylic acids is 1. The molecular weight excluding hydrogens is 244 g/mol. The average Bonchev–Trinajstić information content (AvgIpc) is 2.20. The maximum atomic E-state index is 11.5. The fourth-order valence-corrected chi connectivity index (χ4v) is 1.53. The van der Waals surface area contributed by atoms with Gasteiger partial charge in [-0.3, -0.25) is 4.79 Å². The van der Waals surface area contributed by atoms with Gasteiger partial charge in [-0.15, -0.1) is 0 Å². The van der Waals surface area contributed by atoms with Crippen molar-refractivity contribution in [1.29, 1.82) is 0 Å². The van der Waals surface area contributed by atoms with Crippen molar-refractivity contribution in [2.75, 3.05) is 7.11 Å². The largest absolute Gasteiger partial charge is 0.374 e. The third-order valence-corrected chi connectivity index (χ3v) is 2.90. The average molecular weight is 257 g/mol. The third-order valence-electron chi connectivity index (χ3n) is 2.13. The van der Waals surface area contributed by atoms with Crippen LogP contribution in [0.2, 0.25) is 0 Å². The number of hydrogen-bond donors (Lipinski definition) is 0. The number of ketones is 1. The minimum Gasteiger partial charge on any atom is -0.374 e. The van der Waals surface area contributed by atoms with Gasteiger partial charge in [0.1, 0.15) is 6.10 Å². The topological polar surface area (TPSA) is 26.3 Å². The standard InChI is InChI=1S/C11H13BrO2/c1-8(14-2)11(13)7-9-5-3-4-6-10(9)12/h3-6,8H,7H2,1-2H3. The van der Waals surface area contributed by atoms with Gasteiger partial charge in [-0.2, -0.15) is 0 Å². The molecule has 1 rings (SSSR count). The number of hydrogen-bond acceptors (Lipinski definition) is 2. The SMILES string of the molecule is COC(C)C(=O)Cc1ccccc1Br. The van der Waals surface area contributed by atoms with Crippen molar-refractivity contribution in [2.45, 2.75) is 19.4 Å². The van der Waals surface area contributed by atoms with Gasteiger partial charge in [-0.1, -0.05) is 34.1 Å². The number of carbonyl (C=O) groups is 1. The van der Waals surface area contributed by atoms with Gasteiger partial charge in [0, 0.05) is 18.0 Å². The maximum Gasteiger partial charge on any atom is 0.165 e. The Balaban J connectivity index is 2.70. The van der Waals surface area contributed by atoms with E-state index in [-0.39, 0.29) is 11.9 Å². The molecule has 0 saturated carbocycles. The predicted molar refractivity (Wildman–Crippen MR) is 59.3 cm³/mol. The fourth-order valence-electron chi connectivity index (χ4n) is 1.10. The molecular formula is C11H13BrO2. The first kappa shape index (κ1) is 11.4. The normalized spacial score (nSPS) is 12.5. The molecule has 14 heavy (non-hydrogen) atoms. The second-order valence-corrected chi connectivity index (χ2v) is 3.97. The van der Waals surface area contributed by atoms with Crippen molar-refractivity contribution in [3.05, 3.63) is 34.3 Å². The maximum absolute atomic E-state index is 11.5. The predicted octanol–water partition coefficient (Wildman–Crippen LogP) is 2.60. The molecule has 0 fully saturated rings. The summed E-state index contributed by atoms with van der Waals surface area (Å²) < 4.78 is 5.93. The van der Waals surface area contributed by atoms with Crippen LogP contribution in [-0.4, -0.2) is 19.0 Å². The number of methoxy groups -OCH3 is 1. The van der Waals surface area contributed by atoms with Crippen LogP contribution in [0.25, 0.3) is 0 Å². The first-order valence-corrected chi connectivity index (χ1v) is 5.23. The lowest BCUT2D eigenvalue weighted by molar-refractivity contribution is -0.127. The summed E-state index contributed by atoms with van der Waals surface area (Å²) in [7, 11) is 1.54. The van der Waals surface area contributed by atoms with Crippen LogP contribution in [0.5, 0.6) is 0 Å². The Morgan fingerprint density at radius 1 is 1.50 bits per heavy atom. The molecule has 0 bridgehead atoms. The molecule has 0 heterocycles. The first-order valence-electron chi connectivity index (χ1n) is 4.44. The summed E-state index contributed by atoms with van der Waals surface area (Å²) in [6, 6.07) is 7.72. The molecule has 3 heteroatoms. The van der Waals surface area contributed by atoms with Crippen LogP contribution in [0.4, 0.5) is 0 Å². The molecule has 0 aliphatic heterocycles. The molecule has 2 nitrogen and oxygen atoms in total. The van der Waals surface area contributed by atoms with Gasteiger partial charge in [0.15, 0.2) is 5.78 Å². The molecule has 0 radical (unpaired) electrons. The van der Waals surface area contributed by atoms with Crippen molar-refractivity contribution in [3.8, 4) is 0 Å². The van der Waals surface area contributed by atoms with E-state index in [1.165, 1.54) is 0 Å². The van der Waals surface area contributed by atoms with E-state index in [0.717, 1.165) is 10.0 Å². The minimum atomic E-state index is -0.331. The Hall–Kier alpha value is -0.670. The van der Waals surface area contributed by atoms with Crippen molar-refractivity contribution < 1.29 is 9.53 Å². The lowest BCUT2D eigenvalue weighted by Crippen LogP contribution is -2.21. The van der Waals surface area contributed by atoms with Crippen LogP contribution in [0.1, 0.15) is 12.5 Å². The number of benzene rings is 1. The Kier molecular flexibility index (Phi) is 4.29. The molecule has 1 unspecified atom stereocenters. The molecule has 0 aliphatic rings. The van der Waals surface area contributed by atoms with E-state index >= 15 is 0 Å². The summed E-state index contributed by atoms with van der Waals surface area (Å²) in [5.74, 6) is 0.0967. The van der Waals surface area contributed by atoms with Gasteiger partial charge in [0.2, 0.25) is 0 Å². The molecule has 0 spiro atoms. The molecule has 1 atom stereocenters. The molecule has 0 saturated heterocycles. The molecule has 0 aromatic heterocycles.